The molecule has 3 aromatic heterocycles. The molecule has 30 heavy (non-hydrogen) atoms. The molecule has 7 heteroatoms. The Labute approximate surface area is 171 Å². The lowest BCUT2D eigenvalue weighted by molar-refractivity contribution is 0.842. The Morgan fingerprint density at radius 2 is 1.13 bits per heavy atom. The maximum Gasteiger partial charge on any atom is 0.240 e. The Hall–Kier alpha value is -4.39. The van der Waals surface area contributed by atoms with E-state index in [0.717, 1.165) is 27.1 Å². The molecular weight excluding hydrogens is 374 g/mol. The van der Waals surface area contributed by atoms with Crippen molar-refractivity contribution in [2.75, 3.05) is 0 Å². The summed E-state index contributed by atoms with van der Waals surface area (Å²) in [5.74, 6) is 1.60. The number of nitrogens with zero attached hydrogens (tertiary/aromatic N) is 7. The Balaban J connectivity index is 1.72. The van der Waals surface area contributed by atoms with Crippen LogP contribution in [0.2, 0.25) is 0 Å². The van der Waals surface area contributed by atoms with Crippen LogP contribution in [0.15, 0.2) is 92.0 Å². The summed E-state index contributed by atoms with van der Waals surface area (Å²) in [4.78, 5) is 22.5. The minimum Gasteiger partial charge on any atom is -0.274 e. The molecule has 0 bridgehead atoms. The lowest BCUT2D eigenvalue weighted by Crippen LogP contribution is -2.08. The van der Waals surface area contributed by atoms with Crippen molar-refractivity contribution in [1.82, 2.24) is 34.1 Å². The number of rotatable bonds is 3. The molecule has 0 amide bonds. The fraction of sp³-hybridized carbons (Fsp3) is 0. The molecule has 0 aliphatic rings. The fourth-order valence-electron chi connectivity index (χ4n) is 3.71. The molecule has 142 valence electrons. The van der Waals surface area contributed by atoms with Gasteiger partial charge >= 0.3 is 0 Å². The van der Waals surface area contributed by atoms with Gasteiger partial charge in [-0.3, -0.25) is 9.13 Å². The summed E-state index contributed by atoms with van der Waals surface area (Å²) >= 11 is 0. The van der Waals surface area contributed by atoms with Crippen LogP contribution in [0.1, 0.15) is 0 Å². The van der Waals surface area contributed by atoms with E-state index >= 15 is 0 Å². The van der Waals surface area contributed by atoms with E-state index < -0.39 is 0 Å². The van der Waals surface area contributed by atoms with E-state index in [1.807, 2.05) is 36.7 Å². The molecule has 0 atom stereocenters. The normalized spacial score (nSPS) is 11.3. The third-order valence-corrected chi connectivity index (χ3v) is 5.08. The molecule has 0 radical (unpaired) electrons. The van der Waals surface area contributed by atoms with Crippen molar-refractivity contribution in [3.05, 3.63) is 92.0 Å². The number of benzene rings is 3. The van der Waals surface area contributed by atoms with Gasteiger partial charge in [-0.15, -0.1) is 0 Å². The monoisotopic (exact) mass is 389 g/mol. The largest absolute Gasteiger partial charge is 0.274 e. The van der Waals surface area contributed by atoms with E-state index in [1.54, 1.807) is 34.2 Å². The van der Waals surface area contributed by atoms with Gasteiger partial charge in [-0.1, -0.05) is 48.5 Å². The SMILES string of the molecule is c1ccc2c(-c3nc(-n4ccnc4)nc(-n4ccnc4)n3)c3ccccc3cc2c1. The number of aromatic nitrogens is 7. The highest BCUT2D eigenvalue weighted by atomic mass is 15.3. The van der Waals surface area contributed by atoms with Gasteiger partial charge in [0.25, 0.3) is 0 Å². The molecule has 0 aliphatic carbocycles. The van der Waals surface area contributed by atoms with Crippen molar-refractivity contribution in [3.63, 3.8) is 0 Å². The summed E-state index contributed by atoms with van der Waals surface area (Å²) in [6.07, 6.45) is 10.4. The summed E-state index contributed by atoms with van der Waals surface area (Å²) in [5.41, 5.74) is 0.980. The summed E-state index contributed by atoms with van der Waals surface area (Å²) in [6, 6.07) is 18.8. The summed E-state index contributed by atoms with van der Waals surface area (Å²) in [6.45, 7) is 0. The zero-order chi connectivity index (χ0) is 19.9. The standard InChI is InChI=1S/C23H15N7/c1-3-7-18-16(5-1)13-17-6-2-4-8-19(17)20(18)21-26-22(29-11-9-24-14-29)28-23(27-21)30-12-10-25-15-30/h1-15H. The molecule has 6 aromatic rings. The number of fused-ring (bicyclic) bond motifs is 2. The molecule has 3 aromatic carbocycles. The van der Waals surface area contributed by atoms with E-state index in [4.69, 9.17) is 9.97 Å². The lowest BCUT2D eigenvalue weighted by atomic mass is 9.96. The number of hydrogen-bond donors (Lipinski definition) is 0. The predicted octanol–water partition coefficient (Wildman–Crippen LogP) is 4.22. The van der Waals surface area contributed by atoms with Gasteiger partial charge in [0.05, 0.1) is 0 Å². The van der Waals surface area contributed by atoms with Crippen LogP contribution in [0, 0.1) is 0 Å². The molecule has 6 rings (SSSR count). The van der Waals surface area contributed by atoms with Gasteiger partial charge in [0.15, 0.2) is 5.82 Å². The van der Waals surface area contributed by atoms with Crippen molar-refractivity contribution in [2.45, 2.75) is 0 Å². The minimum absolute atomic E-state index is 0.498. The predicted molar refractivity (Wildman–Crippen MR) is 115 cm³/mol. The molecule has 0 aliphatic heterocycles. The van der Waals surface area contributed by atoms with E-state index in [-0.39, 0.29) is 0 Å². The molecule has 0 saturated heterocycles. The third-order valence-electron chi connectivity index (χ3n) is 5.08. The van der Waals surface area contributed by atoms with Gasteiger partial charge in [-0.2, -0.15) is 15.0 Å². The van der Waals surface area contributed by atoms with Crippen molar-refractivity contribution in [1.29, 1.82) is 0 Å². The van der Waals surface area contributed by atoms with Gasteiger partial charge in [-0.05, 0) is 27.6 Å². The van der Waals surface area contributed by atoms with E-state index in [1.165, 1.54) is 0 Å². The van der Waals surface area contributed by atoms with Crippen LogP contribution < -0.4 is 0 Å². The molecule has 7 nitrogen and oxygen atoms in total. The average Bonchev–Trinajstić information content (AvgIpc) is 3.52. The molecule has 0 unspecified atom stereocenters. The Morgan fingerprint density at radius 3 is 1.63 bits per heavy atom. The van der Waals surface area contributed by atoms with Gasteiger partial charge in [-0.25, -0.2) is 9.97 Å². The molecule has 0 saturated carbocycles. The van der Waals surface area contributed by atoms with Crippen molar-refractivity contribution < 1.29 is 0 Å². The second kappa shape index (κ2) is 6.59. The number of hydrogen-bond acceptors (Lipinski definition) is 5. The van der Waals surface area contributed by atoms with Crippen molar-refractivity contribution in [3.8, 4) is 23.3 Å². The smallest absolute Gasteiger partial charge is 0.240 e. The summed E-state index contributed by atoms with van der Waals surface area (Å²) in [7, 11) is 0. The van der Waals surface area contributed by atoms with Crippen molar-refractivity contribution >= 4 is 21.5 Å². The van der Waals surface area contributed by atoms with Gasteiger partial charge in [0.2, 0.25) is 11.9 Å². The van der Waals surface area contributed by atoms with E-state index in [2.05, 4.69) is 45.3 Å². The first-order chi connectivity index (χ1) is 14.9. The highest BCUT2D eigenvalue weighted by Crippen LogP contribution is 2.35. The molecule has 0 spiro atoms. The van der Waals surface area contributed by atoms with Crippen LogP contribution in [-0.2, 0) is 0 Å². The lowest BCUT2D eigenvalue weighted by Gasteiger charge is -2.13. The molecule has 0 fully saturated rings. The van der Waals surface area contributed by atoms with Crippen LogP contribution in [0.3, 0.4) is 0 Å². The molecular formula is C23H15N7. The zero-order valence-corrected chi connectivity index (χ0v) is 15.8. The van der Waals surface area contributed by atoms with Crippen LogP contribution in [0.25, 0.3) is 44.8 Å². The first kappa shape index (κ1) is 16.6. The fourth-order valence-corrected chi connectivity index (χ4v) is 3.71. The second-order valence-electron chi connectivity index (χ2n) is 6.89. The van der Waals surface area contributed by atoms with E-state index in [0.29, 0.717) is 17.7 Å². The Morgan fingerprint density at radius 1 is 0.600 bits per heavy atom. The first-order valence-electron chi connectivity index (χ1n) is 9.50. The third kappa shape index (κ3) is 2.64. The highest BCUT2D eigenvalue weighted by Gasteiger charge is 2.16. The van der Waals surface area contributed by atoms with Gasteiger partial charge in [0, 0.05) is 30.4 Å². The first-order valence-corrected chi connectivity index (χ1v) is 9.50. The molecule has 3 heterocycles. The van der Waals surface area contributed by atoms with Crippen molar-refractivity contribution in [2.24, 2.45) is 0 Å². The maximum atomic E-state index is 4.82. The zero-order valence-electron chi connectivity index (χ0n) is 15.8. The van der Waals surface area contributed by atoms with Gasteiger partial charge in [0.1, 0.15) is 12.7 Å². The molecule has 0 N–H and O–H groups in total. The van der Waals surface area contributed by atoms with Crippen LogP contribution in [0.4, 0.5) is 0 Å². The van der Waals surface area contributed by atoms with Gasteiger partial charge < -0.3 is 0 Å². The quantitative estimate of drug-likeness (QED) is 0.424. The highest BCUT2D eigenvalue weighted by molar-refractivity contribution is 6.11. The van der Waals surface area contributed by atoms with E-state index in [9.17, 15) is 0 Å². The Kier molecular flexibility index (Phi) is 3.64. The summed E-state index contributed by atoms with van der Waals surface area (Å²) in [5, 5.41) is 4.46. The summed E-state index contributed by atoms with van der Waals surface area (Å²) < 4.78 is 3.55. The number of imidazole rings is 2. The van der Waals surface area contributed by atoms with Crippen LogP contribution >= 0.6 is 0 Å². The average molecular weight is 389 g/mol. The Bertz CT molecular complexity index is 1380. The van der Waals surface area contributed by atoms with Crippen LogP contribution in [-0.4, -0.2) is 34.1 Å². The van der Waals surface area contributed by atoms with Crippen LogP contribution in [0.5, 0.6) is 0 Å². The maximum absolute atomic E-state index is 4.82. The second-order valence-corrected chi connectivity index (χ2v) is 6.89. The minimum atomic E-state index is 0.498. The topological polar surface area (TPSA) is 74.3 Å².